The number of benzene rings is 2. The Hall–Kier alpha value is -2.94. The number of nitrogens with zero attached hydrogens (tertiary/aromatic N) is 2. The van der Waals surface area contributed by atoms with Gasteiger partial charge < -0.3 is 4.74 Å². The summed E-state index contributed by atoms with van der Waals surface area (Å²) in [7, 11) is -4.02. The van der Waals surface area contributed by atoms with Crippen LogP contribution < -0.4 is 9.57 Å². The zero-order valence-electron chi connectivity index (χ0n) is 13.7. The van der Waals surface area contributed by atoms with Crippen LogP contribution in [-0.4, -0.2) is 26.2 Å². The SMILES string of the molecule is CCOc1ccccc1/C=N/NS(=O)(=O)c1ccc(C)c([N+](=O)[O-])c1. The van der Waals surface area contributed by atoms with E-state index in [-0.39, 0.29) is 10.6 Å². The molecule has 9 heteroatoms. The summed E-state index contributed by atoms with van der Waals surface area (Å²) < 4.78 is 29.9. The normalized spacial score (nSPS) is 11.4. The van der Waals surface area contributed by atoms with Gasteiger partial charge in [-0.1, -0.05) is 18.2 Å². The van der Waals surface area contributed by atoms with Gasteiger partial charge in [0.05, 0.1) is 22.6 Å². The standard InChI is InChI=1S/C16H17N3O5S/c1-3-24-16-7-5-4-6-13(16)11-17-18-25(22,23)14-9-8-12(2)15(10-14)19(20)21/h4-11,18H,3H2,1-2H3/b17-11+. The molecule has 2 aromatic carbocycles. The summed E-state index contributed by atoms with van der Waals surface area (Å²) in [6.45, 7) is 3.83. The Labute approximate surface area is 145 Å². The lowest BCUT2D eigenvalue weighted by atomic mass is 10.2. The van der Waals surface area contributed by atoms with E-state index in [4.69, 9.17) is 4.74 Å². The fourth-order valence-electron chi connectivity index (χ4n) is 2.05. The number of aryl methyl sites for hydroxylation is 1. The molecule has 25 heavy (non-hydrogen) atoms. The molecule has 2 rings (SSSR count). The van der Waals surface area contributed by atoms with Gasteiger partial charge in [-0.2, -0.15) is 13.5 Å². The number of hydrazone groups is 1. The highest BCUT2D eigenvalue weighted by atomic mass is 32.2. The molecular formula is C16H17N3O5S. The van der Waals surface area contributed by atoms with Crippen LogP contribution in [0, 0.1) is 17.0 Å². The summed E-state index contributed by atoms with van der Waals surface area (Å²) in [5, 5.41) is 14.7. The molecule has 0 spiro atoms. The van der Waals surface area contributed by atoms with Crippen LogP contribution in [0.4, 0.5) is 5.69 Å². The Kier molecular flexibility index (Phi) is 5.71. The van der Waals surface area contributed by atoms with E-state index in [1.807, 2.05) is 11.8 Å². The van der Waals surface area contributed by atoms with Crippen molar-refractivity contribution in [1.29, 1.82) is 0 Å². The highest BCUT2D eigenvalue weighted by Crippen LogP contribution is 2.22. The van der Waals surface area contributed by atoms with E-state index in [0.29, 0.717) is 23.5 Å². The maximum atomic E-state index is 12.2. The highest BCUT2D eigenvalue weighted by molar-refractivity contribution is 7.89. The van der Waals surface area contributed by atoms with Crippen molar-refractivity contribution in [1.82, 2.24) is 4.83 Å². The molecule has 0 aliphatic heterocycles. The van der Waals surface area contributed by atoms with Crippen LogP contribution in [0.1, 0.15) is 18.1 Å². The van der Waals surface area contributed by atoms with Crippen molar-refractivity contribution in [2.75, 3.05) is 6.61 Å². The van der Waals surface area contributed by atoms with Gasteiger partial charge in [0.15, 0.2) is 0 Å². The zero-order chi connectivity index (χ0) is 18.4. The minimum atomic E-state index is -4.02. The van der Waals surface area contributed by atoms with E-state index in [1.165, 1.54) is 25.3 Å². The molecule has 0 amide bonds. The maximum Gasteiger partial charge on any atom is 0.276 e. The lowest BCUT2D eigenvalue weighted by molar-refractivity contribution is -0.385. The fraction of sp³-hybridized carbons (Fsp3) is 0.188. The van der Waals surface area contributed by atoms with E-state index in [1.54, 1.807) is 24.3 Å². The molecule has 0 aromatic heterocycles. The van der Waals surface area contributed by atoms with Crippen LogP contribution in [-0.2, 0) is 10.0 Å². The third kappa shape index (κ3) is 4.54. The summed E-state index contributed by atoms with van der Waals surface area (Å²) in [6, 6.07) is 10.7. The number of para-hydroxylation sites is 1. The fourth-order valence-corrected chi connectivity index (χ4v) is 2.86. The Morgan fingerprint density at radius 3 is 2.68 bits per heavy atom. The van der Waals surface area contributed by atoms with Crippen LogP contribution in [0.2, 0.25) is 0 Å². The van der Waals surface area contributed by atoms with Crippen LogP contribution in [0.25, 0.3) is 0 Å². The van der Waals surface area contributed by atoms with E-state index in [2.05, 4.69) is 5.10 Å². The third-order valence-corrected chi connectivity index (χ3v) is 4.50. The minimum Gasteiger partial charge on any atom is -0.493 e. The van der Waals surface area contributed by atoms with E-state index in [9.17, 15) is 18.5 Å². The summed E-state index contributed by atoms with van der Waals surface area (Å²) >= 11 is 0. The van der Waals surface area contributed by atoms with Gasteiger partial charge in [0, 0.05) is 17.2 Å². The summed E-state index contributed by atoms with van der Waals surface area (Å²) in [6.07, 6.45) is 1.31. The van der Waals surface area contributed by atoms with E-state index in [0.717, 1.165) is 6.07 Å². The number of nitrogens with one attached hydrogen (secondary N) is 1. The number of nitro benzene ring substituents is 1. The molecule has 0 atom stereocenters. The van der Waals surface area contributed by atoms with Gasteiger partial charge in [0.25, 0.3) is 15.7 Å². The lowest BCUT2D eigenvalue weighted by Crippen LogP contribution is -2.18. The average Bonchev–Trinajstić information content (AvgIpc) is 2.56. The average molecular weight is 363 g/mol. The van der Waals surface area contributed by atoms with Crippen LogP contribution in [0.5, 0.6) is 5.75 Å². The van der Waals surface area contributed by atoms with Gasteiger partial charge in [-0.15, -0.1) is 0 Å². The first-order valence-electron chi connectivity index (χ1n) is 7.37. The zero-order valence-corrected chi connectivity index (χ0v) is 14.5. The second-order valence-corrected chi connectivity index (χ2v) is 6.69. The topological polar surface area (TPSA) is 111 Å². The first kappa shape index (κ1) is 18.4. The highest BCUT2D eigenvalue weighted by Gasteiger charge is 2.19. The number of hydrogen-bond donors (Lipinski definition) is 1. The van der Waals surface area contributed by atoms with Crippen LogP contribution >= 0.6 is 0 Å². The van der Waals surface area contributed by atoms with Gasteiger partial charge in [-0.05, 0) is 32.0 Å². The summed E-state index contributed by atoms with van der Waals surface area (Å²) in [5.74, 6) is 0.568. The van der Waals surface area contributed by atoms with Crippen molar-refractivity contribution in [3.05, 3.63) is 63.7 Å². The number of rotatable bonds is 7. The first-order valence-corrected chi connectivity index (χ1v) is 8.85. The van der Waals surface area contributed by atoms with Crippen LogP contribution in [0.15, 0.2) is 52.5 Å². The second-order valence-electron chi connectivity index (χ2n) is 5.03. The molecule has 1 N–H and O–H groups in total. The Bertz CT molecular complexity index is 910. The smallest absolute Gasteiger partial charge is 0.276 e. The molecule has 0 heterocycles. The van der Waals surface area contributed by atoms with E-state index < -0.39 is 14.9 Å². The minimum absolute atomic E-state index is 0.236. The molecule has 0 bridgehead atoms. The number of sulfonamides is 1. The van der Waals surface area contributed by atoms with Crippen molar-refractivity contribution >= 4 is 21.9 Å². The number of nitro groups is 1. The maximum absolute atomic E-state index is 12.2. The number of ether oxygens (including phenoxy) is 1. The summed E-state index contributed by atoms with van der Waals surface area (Å²) in [5.41, 5.74) is 0.702. The first-order chi connectivity index (χ1) is 11.8. The predicted octanol–water partition coefficient (Wildman–Crippen LogP) is 2.61. The monoisotopic (exact) mass is 363 g/mol. The second kappa shape index (κ2) is 7.75. The Balaban J connectivity index is 2.23. The molecule has 0 saturated carbocycles. The Morgan fingerprint density at radius 1 is 1.28 bits per heavy atom. The van der Waals surface area contributed by atoms with Crippen molar-refractivity contribution in [2.45, 2.75) is 18.7 Å². The summed E-state index contributed by atoms with van der Waals surface area (Å²) in [4.78, 5) is 12.1. The largest absolute Gasteiger partial charge is 0.493 e. The number of hydrogen-bond acceptors (Lipinski definition) is 6. The molecule has 0 aliphatic carbocycles. The van der Waals surface area contributed by atoms with Gasteiger partial charge >= 0.3 is 0 Å². The van der Waals surface area contributed by atoms with Crippen LogP contribution in [0.3, 0.4) is 0 Å². The molecule has 2 aromatic rings. The molecule has 0 aliphatic rings. The van der Waals surface area contributed by atoms with Gasteiger partial charge in [-0.25, -0.2) is 4.83 Å². The van der Waals surface area contributed by atoms with Gasteiger partial charge in [0.2, 0.25) is 0 Å². The molecule has 132 valence electrons. The molecule has 0 radical (unpaired) electrons. The van der Waals surface area contributed by atoms with E-state index >= 15 is 0 Å². The van der Waals surface area contributed by atoms with Gasteiger partial charge in [-0.3, -0.25) is 10.1 Å². The van der Waals surface area contributed by atoms with Crippen molar-refractivity contribution in [3.63, 3.8) is 0 Å². The molecule has 0 unspecified atom stereocenters. The quantitative estimate of drug-likeness (QED) is 0.462. The molecule has 0 fully saturated rings. The predicted molar refractivity (Wildman–Crippen MR) is 93.4 cm³/mol. The molecular weight excluding hydrogens is 346 g/mol. The third-order valence-electron chi connectivity index (χ3n) is 3.28. The van der Waals surface area contributed by atoms with Crippen molar-refractivity contribution < 1.29 is 18.1 Å². The molecule has 8 nitrogen and oxygen atoms in total. The lowest BCUT2D eigenvalue weighted by Gasteiger charge is -2.07. The molecule has 0 saturated heterocycles. The van der Waals surface area contributed by atoms with Crippen molar-refractivity contribution in [2.24, 2.45) is 5.10 Å². The van der Waals surface area contributed by atoms with Gasteiger partial charge in [0.1, 0.15) is 5.75 Å². The van der Waals surface area contributed by atoms with Crippen molar-refractivity contribution in [3.8, 4) is 5.75 Å². The Morgan fingerprint density at radius 2 is 2.00 bits per heavy atom.